The number of nitriles is 1. The Morgan fingerprint density at radius 1 is 0.533 bits per heavy atom. The summed E-state index contributed by atoms with van der Waals surface area (Å²) < 4.78 is 4.10. The van der Waals surface area contributed by atoms with Gasteiger partial charge in [0.2, 0.25) is 0 Å². The number of benzene rings is 5. The first-order chi connectivity index (χ1) is 21.8. The van der Waals surface area contributed by atoms with Crippen LogP contribution in [-0.2, 0) is 0 Å². The molecule has 0 spiro atoms. The van der Waals surface area contributed by atoms with Gasteiger partial charge in [-0.1, -0.05) is 89.2 Å². The molecule has 8 rings (SSSR count). The molecule has 5 aromatic carbocycles. The predicted octanol–water partition coefficient (Wildman–Crippen LogP) is 3.35. The second-order valence-electron chi connectivity index (χ2n) is 11.3. The molecule has 2 heterocycles. The molecule has 0 saturated heterocycles. The van der Waals surface area contributed by atoms with Crippen LogP contribution in [-0.4, -0.2) is 56.2 Å². The van der Waals surface area contributed by atoms with Crippen molar-refractivity contribution in [2.45, 2.75) is 5.82 Å². The van der Waals surface area contributed by atoms with Crippen molar-refractivity contribution in [3.63, 3.8) is 0 Å². The number of fused-ring (bicyclic) bond motifs is 6. The topological polar surface area (TPSA) is 33.6 Å². The van der Waals surface area contributed by atoms with Gasteiger partial charge in [0, 0.05) is 38.5 Å². The lowest BCUT2D eigenvalue weighted by Crippen LogP contribution is -2.50. The van der Waals surface area contributed by atoms with Gasteiger partial charge in [0.05, 0.1) is 36.0 Å². The van der Waals surface area contributed by atoms with Crippen molar-refractivity contribution in [2.24, 2.45) is 0 Å². The smallest absolute Gasteiger partial charge is 0.118 e. The molecular formula is C36H17B6N3. The lowest BCUT2D eigenvalue weighted by atomic mass is 9.62. The van der Waals surface area contributed by atoms with E-state index < -0.39 is 5.82 Å². The number of hydrogen-bond donors (Lipinski definition) is 0. The highest BCUT2D eigenvalue weighted by molar-refractivity contribution is 6.64. The molecule has 0 aliphatic heterocycles. The molecule has 0 fully saturated rings. The van der Waals surface area contributed by atoms with E-state index in [9.17, 15) is 5.26 Å². The standard InChI is InChI=1S/C36H17B6N3/c37-29-22(17-43)30(38)35(44-23-13-5-1-9-18(23)19-10-2-6-14-24(19)44)27(29)28-31(39)32(40)33(41)34(42)36(28)45-25-15-7-3-11-20(25)21-12-4-8-16-26(21)45/h1-16,29H. The first-order valence-electron chi connectivity index (χ1n) is 14.5. The van der Waals surface area contributed by atoms with Crippen molar-refractivity contribution in [2.75, 3.05) is 0 Å². The van der Waals surface area contributed by atoms with Crippen LogP contribution in [0.1, 0.15) is 5.56 Å². The molecule has 12 radical (unpaired) electrons. The van der Waals surface area contributed by atoms with Gasteiger partial charge >= 0.3 is 0 Å². The summed E-state index contributed by atoms with van der Waals surface area (Å²) in [6, 6.07) is 34.4. The van der Waals surface area contributed by atoms with Crippen molar-refractivity contribution in [3.05, 3.63) is 114 Å². The summed E-state index contributed by atoms with van der Waals surface area (Å²) >= 11 is 0. The normalized spacial score (nSPS) is 15.2. The Kier molecular flexibility index (Phi) is 6.16. The Bertz CT molecular complexity index is 2420. The fourth-order valence-corrected chi connectivity index (χ4v) is 7.02. The van der Waals surface area contributed by atoms with E-state index in [1.807, 2.05) is 77.4 Å². The van der Waals surface area contributed by atoms with E-state index in [4.69, 9.17) is 47.1 Å². The van der Waals surface area contributed by atoms with Crippen LogP contribution < -0.4 is 21.9 Å². The fourth-order valence-electron chi connectivity index (χ4n) is 7.02. The first kappa shape index (κ1) is 27.6. The van der Waals surface area contributed by atoms with E-state index in [1.54, 1.807) is 0 Å². The van der Waals surface area contributed by atoms with E-state index in [1.165, 1.54) is 0 Å². The lowest BCUT2D eigenvalue weighted by Gasteiger charge is -2.28. The molecule has 1 unspecified atom stereocenters. The predicted molar refractivity (Wildman–Crippen MR) is 193 cm³/mol. The minimum absolute atomic E-state index is 0.136. The van der Waals surface area contributed by atoms with Crippen LogP contribution in [0.3, 0.4) is 0 Å². The molecule has 0 amide bonds. The number of allylic oxidation sites excluding steroid dienone is 4. The fraction of sp³-hybridized carbons (Fsp3) is 0.0278. The monoisotopic (exact) mass is 557 g/mol. The summed E-state index contributed by atoms with van der Waals surface area (Å²) in [5.74, 6) is -0.929. The molecule has 1 aliphatic carbocycles. The summed E-state index contributed by atoms with van der Waals surface area (Å²) in [6.45, 7) is 0. The van der Waals surface area contributed by atoms with Gasteiger partial charge in [-0.25, -0.2) is 0 Å². The molecule has 0 bridgehead atoms. The van der Waals surface area contributed by atoms with E-state index in [0.717, 1.165) is 43.6 Å². The molecule has 7 aromatic rings. The Hall–Kier alpha value is -4.94. The molecule has 45 heavy (non-hydrogen) atoms. The second-order valence-corrected chi connectivity index (χ2v) is 11.3. The third kappa shape index (κ3) is 3.66. The van der Waals surface area contributed by atoms with Gasteiger partial charge in [-0.15, -0.1) is 10.9 Å². The molecular weight excluding hydrogens is 539 g/mol. The Morgan fingerprint density at radius 2 is 0.933 bits per heavy atom. The maximum atomic E-state index is 10.4. The van der Waals surface area contributed by atoms with Crippen LogP contribution >= 0.6 is 0 Å². The quantitative estimate of drug-likeness (QED) is 0.308. The third-order valence-corrected chi connectivity index (χ3v) is 9.05. The van der Waals surface area contributed by atoms with Crippen molar-refractivity contribution < 1.29 is 0 Å². The van der Waals surface area contributed by atoms with Crippen LogP contribution in [0.2, 0.25) is 5.82 Å². The van der Waals surface area contributed by atoms with Crippen LogP contribution in [0.5, 0.6) is 0 Å². The van der Waals surface area contributed by atoms with Gasteiger partial charge in [-0.3, -0.25) is 0 Å². The highest BCUT2D eigenvalue weighted by Crippen LogP contribution is 2.49. The molecule has 3 nitrogen and oxygen atoms in total. The maximum absolute atomic E-state index is 10.4. The highest BCUT2D eigenvalue weighted by Gasteiger charge is 2.35. The number of para-hydroxylation sites is 4. The van der Waals surface area contributed by atoms with Crippen LogP contribution in [0.25, 0.3) is 60.6 Å². The summed E-state index contributed by atoms with van der Waals surface area (Å²) in [6.07, 6.45) is 0. The third-order valence-electron chi connectivity index (χ3n) is 9.05. The summed E-state index contributed by atoms with van der Waals surface area (Å²) in [5.41, 5.74) is 6.89. The minimum atomic E-state index is -0.929. The van der Waals surface area contributed by atoms with Gasteiger partial charge in [-0.2, -0.15) is 5.26 Å². The average Bonchev–Trinajstić information content (AvgIpc) is 3.66. The van der Waals surface area contributed by atoms with Crippen molar-refractivity contribution in [1.82, 2.24) is 9.13 Å². The number of rotatable bonds is 3. The van der Waals surface area contributed by atoms with E-state index in [-0.39, 0.29) is 32.9 Å². The molecule has 194 valence electrons. The Balaban J connectivity index is 1.61. The number of hydrogen-bond acceptors (Lipinski definition) is 1. The number of nitrogens with zero attached hydrogens (tertiary/aromatic N) is 3. The zero-order chi connectivity index (χ0) is 31.1. The van der Waals surface area contributed by atoms with Gasteiger partial charge in [0.15, 0.2) is 0 Å². The van der Waals surface area contributed by atoms with Gasteiger partial charge in [0.1, 0.15) is 39.2 Å². The first-order valence-corrected chi connectivity index (χ1v) is 14.5. The van der Waals surface area contributed by atoms with Gasteiger partial charge < -0.3 is 9.13 Å². The zero-order valence-electron chi connectivity index (χ0n) is 24.1. The minimum Gasteiger partial charge on any atom is -0.310 e. The summed E-state index contributed by atoms with van der Waals surface area (Å²) in [5, 5.41) is 14.5. The molecule has 1 aliphatic rings. The van der Waals surface area contributed by atoms with Crippen molar-refractivity contribution in [3.8, 4) is 11.8 Å². The average molecular weight is 556 g/mol. The van der Waals surface area contributed by atoms with E-state index in [2.05, 4.69) is 34.9 Å². The van der Waals surface area contributed by atoms with E-state index >= 15 is 0 Å². The maximum Gasteiger partial charge on any atom is 0.118 e. The Morgan fingerprint density at radius 3 is 1.38 bits per heavy atom. The second kappa shape index (κ2) is 10.0. The molecule has 0 N–H and O–H groups in total. The van der Waals surface area contributed by atoms with Gasteiger partial charge in [-0.05, 0) is 41.2 Å². The van der Waals surface area contributed by atoms with E-state index in [0.29, 0.717) is 22.5 Å². The van der Waals surface area contributed by atoms with Crippen LogP contribution in [0.4, 0.5) is 0 Å². The highest BCUT2D eigenvalue weighted by atomic mass is 15.0. The largest absolute Gasteiger partial charge is 0.310 e. The molecule has 1 atom stereocenters. The van der Waals surface area contributed by atoms with Crippen LogP contribution in [0.15, 0.2) is 108 Å². The molecule has 2 aromatic heterocycles. The summed E-state index contributed by atoms with van der Waals surface area (Å²) in [4.78, 5) is 0. The molecule has 9 heteroatoms. The SMILES string of the molecule is [B]C1=C(C#N)C([B])C(c2c([B])c([B])c([B])c([B])c2-n2c3ccccc3c3ccccc32)=C1n1c2ccccc2c2ccccc21. The van der Waals surface area contributed by atoms with Crippen molar-refractivity contribution in [1.29, 1.82) is 5.26 Å². The Labute approximate surface area is 268 Å². The van der Waals surface area contributed by atoms with Crippen molar-refractivity contribution >= 4 is 124 Å². The van der Waals surface area contributed by atoms with Gasteiger partial charge in [0.25, 0.3) is 0 Å². The zero-order valence-corrected chi connectivity index (χ0v) is 24.1. The lowest BCUT2D eigenvalue weighted by molar-refractivity contribution is 1.18. The summed E-state index contributed by atoms with van der Waals surface area (Å²) in [7, 11) is 40.9. The van der Waals surface area contributed by atoms with Crippen LogP contribution in [0, 0.1) is 11.3 Å². The number of aromatic nitrogens is 2. The molecule has 0 saturated carbocycles.